The molecule has 0 saturated carbocycles. The first-order valence-corrected chi connectivity index (χ1v) is 9.34. The van der Waals surface area contributed by atoms with Crippen LogP contribution in [0.15, 0.2) is 42.5 Å². The Bertz CT molecular complexity index is 748. The minimum absolute atomic E-state index is 0.195. The molecule has 1 aliphatic heterocycles. The number of nitrogens with zero attached hydrogens (tertiary/aromatic N) is 3. The highest BCUT2D eigenvalue weighted by Gasteiger charge is 2.28. The molecule has 7 heteroatoms. The van der Waals surface area contributed by atoms with Crippen LogP contribution in [0.5, 0.6) is 5.88 Å². The van der Waals surface area contributed by atoms with Gasteiger partial charge in [-0.25, -0.2) is 12.7 Å². The van der Waals surface area contributed by atoms with E-state index in [0.717, 1.165) is 17.7 Å². The Hall–Kier alpha value is -1.99. The van der Waals surface area contributed by atoms with Crippen molar-refractivity contribution < 1.29 is 13.2 Å². The number of aromatic nitrogens is 2. The molecule has 1 saturated heterocycles. The van der Waals surface area contributed by atoms with Crippen molar-refractivity contribution in [3.8, 4) is 17.1 Å². The van der Waals surface area contributed by atoms with Gasteiger partial charge in [0.1, 0.15) is 0 Å². The summed E-state index contributed by atoms with van der Waals surface area (Å²) in [4.78, 5) is 0. The molecule has 1 aliphatic rings. The Labute approximate surface area is 136 Å². The van der Waals surface area contributed by atoms with Crippen LogP contribution in [0.3, 0.4) is 0 Å². The van der Waals surface area contributed by atoms with Crippen molar-refractivity contribution in [1.29, 1.82) is 0 Å². The number of sulfonamides is 1. The molecule has 0 N–H and O–H groups in total. The summed E-state index contributed by atoms with van der Waals surface area (Å²) in [5, 5.41) is 8.25. The lowest BCUT2D eigenvalue weighted by Crippen LogP contribution is -2.28. The van der Waals surface area contributed by atoms with Gasteiger partial charge in [0.05, 0.1) is 18.6 Å². The van der Waals surface area contributed by atoms with E-state index >= 15 is 0 Å². The quantitative estimate of drug-likeness (QED) is 0.834. The molecular weight excluding hydrogens is 314 g/mol. The van der Waals surface area contributed by atoms with E-state index in [-0.39, 0.29) is 5.92 Å². The molecule has 0 spiro atoms. The average molecular weight is 333 g/mol. The molecule has 0 radical (unpaired) electrons. The third kappa shape index (κ3) is 4.05. The molecule has 1 aromatic carbocycles. The fourth-order valence-electron chi connectivity index (χ4n) is 2.60. The van der Waals surface area contributed by atoms with Crippen LogP contribution in [0.2, 0.25) is 0 Å². The first-order valence-electron chi connectivity index (χ1n) is 7.49. The molecule has 2 aromatic rings. The van der Waals surface area contributed by atoms with E-state index < -0.39 is 10.0 Å². The molecule has 6 nitrogen and oxygen atoms in total. The maximum Gasteiger partial charge on any atom is 0.233 e. The Morgan fingerprint density at radius 1 is 1.17 bits per heavy atom. The van der Waals surface area contributed by atoms with Crippen LogP contribution in [0.4, 0.5) is 0 Å². The van der Waals surface area contributed by atoms with Crippen molar-refractivity contribution in [3.05, 3.63) is 42.5 Å². The van der Waals surface area contributed by atoms with Crippen LogP contribution in [0, 0.1) is 5.92 Å². The fraction of sp³-hybridized carbons (Fsp3) is 0.375. The van der Waals surface area contributed by atoms with E-state index in [0.29, 0.717) is 25.6 Å². The highest BCUT2D eigenvalue weighted by Crippen LogP contribution is 2.21. The Kier molecular flexibility index (Phi) is 4.58. The van der Waals surface area contributed by atoms with Crippen LogP contribution in [0.1, 0.15) is 6.42 Å². The van der Waals surface area contributed by atoms with Crippen molar-refractivity contribution in [3.63, 3.8) is 0 Å². The minimum Gasteiger partial charge on any atom is -0.476 e. The molecule has 122 valence electrons. The van der Waals surface area contributed by atoms with Crippen LogP contribution in [-0.2, 0) is 10.0 Å². The molecule has 1 fully saturated rings. The van der Waals surface area contributed by atoms with Crippen molar-refractivity contribution >= 4 is 10.0 Å². The molecular formula is C16H19N3O3S. The highest BCUT2D eigenvalue weighted by atomic mass is 32.2. The van der Waals surface area contributed by atoms with Crippen LogP contribution >= 0.6 is 0 Å². The summed E-state index contributed by atoms with van der Waals surface area (Å²) in [5.41, 5.74) is 1.80. The smallest absolute Gasteiger partial charge is 0.233 e. The molecule has 0 aliphatic carbocycles. The average Bonchev–Trinajstić information content (AvgIpc) is 3.04. The van der Waals surface area contributed by atoms with Gasteiger partial charge in [-0.1, -0.05) is 30.3 Å². The van der Waals surface area contributed by atoms with E-state index in [1.165, 1.54) is 10.6 Å². The first-order chi connectivity index (χ1) is 11.0. The predicted octanol–water partition coefficient (Wildman–Crippen LogP) is 1.80. The van der Waals surface area contributed by atoms with Gasteiger partial charge in [-0.2, -0.15) is 0 Å². The van der Waals surface area contributed by atoms with Crippen molar-refractivity contribution in [2.75, 3.05) is 26.0 Å². The summed E-state index contributed by atoms with van der Waals surface area (Å²) < 4.78 is 30.1. The maximum absolute atomic E-state index is 11.5. The summed E-state index contributed by atoms with van der Waals surface area (Å²) in [7, 11) is -3.10. The lowest BCUT2D eigenvalue weighted by atomic mass is 10.1. The van der Waals surface area contributed by atoms with E-state index in [2.05, 4.69) is 10.2 Å². The summed E-state index contributed by atoms with van der Waals surface area (Å²) in [6.07, 6.45) is 2.05. The zero-order valence-corrected chi connectivity index (χ0v) is 13.7. The largest absolute Gasteiger partial charge is 0.476 e. The van der Waals surface area contributed by atoms with Crippen LogP contribution in [-0.4, -0.2) is 48.9 Å². The van der Waals surface area contributed by atoms with Gasteiger partial charge in [-0.15, -0.1) is 10.2 Å². The van der Waals surface area contributed by atoms with Gasteiger partial charge in [0.2, 0.25) is 15.9 Å². The highest BCUT2D eigenvalue weighted by molar-refractivity contribution is 7.88. The third-order valence-corrected chi connectivity index (χ3v) is 5.16. The normalized spacial score (nSPS) is 18.9. The van der Waals surface area contributed by atoms with E-state index in [4.69, 9.17) is 4.74 Å². The number of ether oxygens (including phenoxy) is 1. The summed E-state index contributed by atoms with van der Waals surface area (Å²) in [6, 6.07) is 13.5. The van der Waals surface area contributed by atoms with Crippen molar-refractivity contribution in [2.45, 2.75) is 6.42 Å². The number of hydrogen-bond donors (Lipinski definition) is 0. The Morgan fingerprint density at radius 2 is 1.96 bits per heavy atom. The van der Waals surface area contributed by atoms with Crippen LogP contribution in [0.25, 0.3) is 11.3 Å². The topological polar surface area (TPSA) is 72.4 Å². The van der Waals surface area contributed by atoms with Crippen molar-refractivity contribution in [1.82, 2.24) is 14.5 Å². The fourth-order valence-corrected chi connectivity index (χ4v) is 3.52. The van der Waals surface area contributed by atoms with E-state index in [1.807, 2.05) is 36.4 Å². The summed E-state index contributed by atoms with van der Waals surface area (Å²) >= 11 is 0. The second kappa shape index (κ2) is 6.64. The molecule has 23 heavy (non-hydrogen) atoms. The predicted molar refractivity (Wildman–Crippen MR) is 87.5 cm³/mol. The minimum atomic E-state index is -3.10. The lowest BCUT2D eigenvalue weighted by Gasteiger charge is -2.13. The van der Waals surface area contributed by atoms with Gasteiger partial charge < -0.3 is 4.74 Å². The van der Waals surface area contributed by atoms with Gasteiger partial charge in [-0.3, -0.25) is 0 Å². The van der Waals surface area contributed by atoms with Crippen molar-refractivity contribution in [2.24, 2.45) is 5.92 Å². The molecule has 0 amide bonds. The van der Waals surface area contributed by atoms with E-state index in [9.17, 15) is 8.42 Å². The zero-order valence-electron chi connectivity index (χ0n) is 12.9. The standard InChI is InChI=1S/C16H19N3O3S/c1-23(20,21)19-10-9-13(11-19)12-22-16-8-7-15(17-18-16)14-5-3-2-4-6-14/h2-8,13H,9-12H2,1H3. The third-order valence-electron chi connectivity index (χ3n) is 3.89. The molecule has 0 bridgehead atoms. The van der Waals surface area contributed by atoms with Gasteiger partial charge in [0, 0.05) is 30.6 Å². The second-order valence-corrected chi connectivity index (χ2v) is 7.69. The van der Waals surface area contributed by atoms with Crippen LogP contribution < -0.4 is 4.74 Å². The van der Waals surface area contributed by atoms with Gasteiger partial charge in [0.15, 0.2) is 0 Å². The van der Waals surface area contributed by atoms with Gasteiger partial charge in [-0.05, 0) is 12.5 Å². The summed E-state index contributed by atoms with van der Waals surface area (Å²) in [6.45, 7) is 1.52. The SMILES string of the molecule is CS(=O)(=O)N1CCC(COc2ccc(-c3ccccc3)nn2)C1. The number of benzene rings is 1. The monoisotopic (exact) mass is 333 g/mol. The lowest BCUT2D eigenvalue weighted by molar-refractivity contribution is 0.244. The van der Waals surface area contributed by atoms with Gasteiger partial charge >= 0.3 is 0 Å². The second-order valence-electron chi connectivity index (χ2n) is 5.71. The Balaban J connectivity index is 1.56. The maximum atomic E-state index is 11.5. The number of hydrogen-bond acceptors (Lipinski definition) is 5. The van der Waals surface area contributed by atoms with E-state index in [1.54, 1.807) is 6.07 Å². The molecule has 2 heterocycles. The molecule has 1 aromatic heterocycles. The molecule has 1 atom stereocenters. The Morgan fingerprint density at radius 3 is 2.57 bits per heavy atom. The first kappa shape index (κ1) is 15.9. The molecule has 1 unspecified atom stereocenters. The molecule has 3 rings (SSSR count). The number of rotatable bonds is 5. The summed E-state index contributed by atoms with van der Waals surface area (Å²) in [5.74, 6) is 0.655. The zero-order chi connectivity index (χ0) is 16.3. The van der Waals surface area contributed by atoms with Gasteiger partial charge in [0.25, 0.3) is 0 Å².